The van der Waals surface area contributed by atoms with E-state index in [0.29, 0.717) is 17.8 Å². The van der Waals surface area contributed by atoms with Crippen LogP contribution >= 0.6 is 0 Å². The smallest absolute Gasteiger partial charge is 0.192 e. The third kappa shape index (κ3) is 4.94. The van der Waals surface area contributed by atoms with E-state index in [2.05, 4.69) is 73.4 Å². The predicted molar refractivity (Wildman–Crippen MR) is 139 cm³/mol. The van der Waals surface area contributed by atoms with Gasteiger partial charge in [0, 0.05) is 5.92 Å². The molecule has 180 valence electrons. The second kappa shape index (κ2) is 9.37. The van der Waals surface area contributed by atoms with Crippen molar-refractivity contribution in [3.63, 3.8) is 0 Å². The molecule has 2 nitrogen and oxygen atoms in total. The fraction of sp³-hybridized carbons (Fsp3) is 0.759. The third-order valence-corrected chi connectivity index (χ3v) is 14.1. The first-order valence-electron chi connectivity index (χ1n) is 13.0. The zero-order valence-corrected chi connectivity index (χ0v) is 23.1. The Balaban J connectivity index is 1.81. The van der Waals surface area contributed by atoms with Gasteiger partial charge < -0.3 is 9.22 Å². The van der Waals surface area contributed by atoms with Gasteiger partial charge in [0.25, 0.3) is 0 Å². The molecule has 0 N–H and O–H groups in total. The maximum atomic E-state index is 11.5. The summed E-state index contributed by atoms with van der Waals surface area (Å²) in [6, 6.07) is 0. The molecule has 3 aliphatic rings. The molecule has 0 heterocycles. The lowest BCUT2D eigenvalue weighted by molar-refractivity contribution is -0.113. The molecular formula is C29H48O2Si. The molecule has 0 aromatic rings. The summed E-state index contributed by atoms with van der Waals surface area (Å²) in [5, 5.41) is 0.212. The summed E-state index contributed by atoms with van der Waals surface area (Å²) in [5.41, 5.74) is 4.50. The van der Waals surface area contributed by atoms with Crippen LogP contribution in [0.15, 0.2) is 35.5 Å². The van der Waals surface area contributed by atoms with Crippen LogP contribution in [0.25, 0.3) is 0 Å². The molecule has 32 heavy (non-hydrogen) atoms. The lowest BCUT2D eigenvalue weighted by Crippen LogP contribution is -2.45. The Morgan fingerprint density at radius 1 is 1.22 bits per heavy atom. The van der Waals surface area contributed by atoms with Gasteiger partial charge >= 0.3 is 0 Å². The van der Waals surface area contributed by atoms with Gasteiger partial charge in [0.1, 0.15) is 6.29 Å². The molecule has 0 bridgehead atoms. The third-order valence-electron chi connectivity index (χ3n) is 9.61. The molecule has 0 aromatic carbocycles. The minimum atomic E-state index is -1.83. The molecule has 3 fully saturated rings. The summed E-state index contributed by atoms with van der Waals surface area (Å²) in [5.74, 6) is 1.97. The van der Waals surface area contributed by atoms with E-state index in [0.717, 1.165) is 12.8 Å². The van der Waals surface area contributed by atoms with Gasteiger partial charge in [-0.25, -0.2) is 0 Å². The Morgan fingerprint density at radius 2 is 1.91 bits per heavy atom. The number of carbonyl (C=O) groups is 1. The first kappa shape index (κ1) is 25.7. The van der Waals surface area contributed by atoms with Crippen molar-refractivity contribution in [2.75, 3.05) is 0 Å². The molecule has 0 aliphatic heterocycles. The lowest BCUT2D eigenvalue weighted by atomic mass is 9.61. The average Bonchev–Trinajstić information content (AvgIpc) is 3.05. The summed E-state index contributed by atoms with van der Waals surface area (Å²) < 4.78 is 6.83. The molecule has 0 aromatic heterocycles. The van der Waals surface area contributed by atoms with E-state index >= 15 is 0 Å². The summed E-state index contributed by atoms with van der Waals surface area (Å²) >= 11 is 0. The molecule has 0 spiro atoms. The molecule has 3 rings (SSSR count). The quantitative estimate of drug-likeness (QED) is 0.307. The van der Waals surface area contributed by atoms with E-state index in [-0.39, 0.29) is 22.5 Å². The zero-order valence-electron chi connectivity index (χ0n) is 22.1. The van der Waals surface area contributed by atoms with E-state index in [1.807, 2.05) is 0 Å². The molecule has 0 radical (unpaired) electrons. The summed E-state index contributed by atoms with van der Waals surface area (Å²) in [6.45, 7) is 23.1. The van der Waals surface area contributed by atoms with Gasteiger partial charge in [-0.3, -0.25) is 0 Å². The van der Waals surface area contributed by atoms with Crippen molar-refractivity contribution in [1.29, 1.82) is 0 Å². The molecule has 3 saturated carbocycles. The van der Waals surface area contributed by atoms with Crippen molar-refractivity contribution < 1.29 is 9.22 Å². The number of fused-ring (bicyclic) bond motifs is 1. The zero-order chi connectivity index (χ0) is 23.9. The highest BCUT2D eigenvalue weighted by Crippen LogP contribution is 2.59. The van der Waals surface area contributed by atoms with Crippen LogP contribution in [0, 0.1) is 29.1 Å². The molecular weight excluding hydrogens is 408 g/mol. The maximum Gasteiger partial charge on any atom is 0.192 e. The second-order valence-electron chi connectivity index (χ2n) is 13.0. The van der Waals surface area contributed by atoms with Crippen LogP contribution in [0.1, 0.15) is 86.5 Å². The SMILES string of the molecule is C=C1/C(=C/C=C2\CCC[C@]3(C)[C@@H]([C@H](C)C=O)CC[C@@H]23)C[C@@H](C)C[C@@H]1O[Si](C)(C)C(C)(C)C. The Morgan fingerprint density at radius 3 is 2.53 bits per heavy atom. The highest BCUT2D eigenvalue weighted by atomic mass is 28.4. The van der Waals surface area contributed by atoms with Crippen LogP contribution in [0.3, 0.4) is 0 Å². The first-order chi connectivity index (χ1) is 14.8. The number of rotatable bonds is 5. The molecule has 6 atom stereocenters. The Bertz CT molecular complexity index is 783. The van der Waals surface area contributed by atoms with Crippen molar-refractivity contribution in [3.8, 4) is 0 Å². The van der Waals surface area contributed by atoms with Crippen LogP contribution < -0.4 is 0 Å². The van der Waals surface area contributed by atoms with Gasteiger partial charge in [0.05, 0.1) is 6.10 Å². The normalized spacial score (nSPS) is 37.6. The molecule has 0 unspecified atom stereocenters. The fourth-order valence-electron chi connectivity index (χ4n) is 6.58. The van der Waals surface area contributed by atoms with Gasteiger partial charge in [-0.1, -0.05) is 65.8 Å². The van der Waals surface area contributed by atoms with Gasteiger partial charge in [-0.05, 0) is 97.4 Å². The Kier molecular flexibility index (Phi) is 7.52. The van der Waals surface area contributed by atoms with Crippen LogP contribution in [0.2, 0.25) is 18.1 Å². The topological polar surface area (TPSA) is 26.3 Å². The lowest BCUT2D eigenvalue weighted by Gasteiger charge is -2.43. The molecule has 0 saturated heterocycles. The minimum absolute atomic E-state index is 0.158. The van der Waals surface area contributed by atoms with Crippen LogP contribution in [0.4, 0.5) is 0 Å². The summed E-state index contributed by atoms with van der Waals surface area (Å²) in [4.78, 5) is 11.5. The van der Waals surface area contributed by atoms with Gasteiger partial charge in [-0.15, -0.1) is 0 Å². The van der Waals surface area contributed by atoms with E-state index in [4.69, 9.17) is 4.43 Å². The van der Waals surface area contributed by atoms with Crippen LogP contribution in [-0.4, -0.2) is 20.7 Å². The van der Waals surface area contributed by atoms with Crippen LogP contribution in [-0.2, 0) is 9.22 Å². The highest BCUT2D eigenvalue weighted by molar-refractivity contribution is 6.74. The van der Waals surface area contributed by atoms with Crippen molar-refractivity contribution in [2.24, 2.45) is 29.1 Å². The minimum Gasteiger partial charge on any atom is -0.410 e. The van der Waals surface area contributed by atoms with Crippen molar-refractivity contribution in [3.05, 3.63) is 35.5 Å². The highest BCUT2D eigenvalue weighted by Gasteiger charge is 2.50. The Hall–Kier alpha value is -0.933. The number of hydrogen-bond donors (Lipinski definition) is 0. The molecule has 3 heteroatoms. The maximum absolute atomic E-state index is 11.5. The van der Waals surface area contributed by atoms with Gasteiger partial charge in [-0.2, -0.15) is 0 Å². The predicted octanol–water partition coefficient (Wildman–Crippen LogP) is 8.27. The first-order valence-corrected chi connectivity index (χ1v) is 15.9. The van der Waals surface area contributed by atoms with E-state index in [1.54, 1.807) is 5.57 Å². The van der Waals surface area contributed by atoms with Gasteiger partial charge in [0.2, 0.25) is 0 Å². The fourth-order valence-corrected chi connectivity index (χ4v) is 7.88. The van der Waals surface area contributed by atoms with Crippen molar-refractivity contribution in [2.45, 2.75) is 111 Å². The second-order valence-corrected chi connectivity index (χ2v) is 17.7. The number of hydrogen-bond acceptors (Lipinski definition) is 2. The number of carbonyl (C=O) groups excluding carboxylic acids is 1. The Labute approximate surface area is 199 Å². The summed E-state index contributed by atoms with van der Waals surface area (Å²) in [6.07, 6.45) is 14.5. The molecule has 3 aliphatic carbocycles. The average molecular weight is 457 g/mol. The van der Waals surface area contributed by atoms with Crippen molar-refractivity contribution in [1.82, 2.24) is 0 Å². The largest absolute Gasteiger partial charge is 0.410 e. The molecule has 0 amide bonds. The van der Waals surface area contributed by atoms with Crippen molar-refractivity contribution >= 4 is 14.6 Å². The van der Waals surface area contributed by atoms with E-state index < -0.39 is 8.32 Å². The number of allylic oxidation sites excluding steroid dienone is 3. The number of aldehydes is 1. The van der Waals surface area contributed by atoms with E-state index in [1.165, 1.54) is 49.5 Å². The van der Waals surface area contributed by atoms with Gasteiger partial charge in [0.15, 0.2) is 8.32 Å². The summed E-state index contributed by atoms with van der Waals surface area (Å²) in [7, 11) is -1.83. The van der Waals surface area contributed by atoms with E-state index in [9.17, 15) is 4.79 Å². The van der Waals surface area contributed by atoms with Crippen LogP contribution in [0.5, 0.6) is 0 Å². The monoisotopic (exact) mass is 456 g/mol. The standard InChI is InChI=1S/C29H48O2Si/c1-20-17-24(22(3)27(18-20)31-32(8,9)28(4,5)6)13-12-23-11-10-16-29(7)25(21(2)19-30)14-15-26(23)29/h12-13,19-21,25-27H,3,10-11,14-18H2,1-2,4-9H3/b23-12+,24-13+/t20-,21-,25-,26+,27+,29-/m1/s1.